The van der Waals surface area contributed by atoms with Gasteiger partial charge in [0.05, 0.1) is 24.6 Å². The van der Waals surface area contributed by atoms with Gasteiger partial charge in [-0.3, -0.25) is 14.7 Å². The Morgan fingerprint density at radius 2 is 1.84 bits per heavy atom. The lowest BCUT2D eigenvalue weighted by Gasteiger charge is -2.21. The van der Waals surface area contributed by atoms with E-state index in [1.54, 1.807) is 6.07 Å². The predicted molar refractivity (Wildman–Crippen MR) is 120 cm³/mol. The van der Waals surface area contributed by atoms with E-state index in [0.717, 1.165) is 29.8 Å². The monoisotopic (exact) mass is 423 g/mol. The van der Waals surface area contributed by atoms with Crippen LogP contribution in [0.15, 0.2) is 54.9 Å². The first-order chi connectivity index (χ1) is 14.9. The number of aromatic nitrogens is 2. The average molecular weight is 423 g/mol. The molecule has 8 heteroatoms. The highest BCUT2D eigenvalue weighted by Crippen LogP contribution is 2.28. The van der Waals surface area contributed by atoms with E-state index in [0.29, 0.717) is 23.6 Å². The summed E-state index contributed by atoms with van der Waals surface area (Å²) in [7, 11) is 1.94. The topological polar surface area (TPSA) is 101 Å². The summed E-state index contributed by atoms with van der Waals surface area (Å²) in [6.07, 6.45) is 2.89. The zero-order valence-electron chi connectivity index (χ0n) is 17.6. The Hall–Kier alpha value is -3.65. The van der Waals surface area contributed by atoms with Crippen LogP contribution in [-0.4, -0.2) is 54.2 Å². The van der Waals surface area contributed by atoms with Gasteiger partial charge < -0.3 is 15.8 Å². The molecule has 1 aromatic heterocycles. The number of carbonyl (C=O) groups is 2. The Labute approximate surface area is 181 Å². The second kappa shape index (κ2) is 11.5. The maximum Gasteiger partial charge on any atom is 0.234 e. The molecule has 7 nitrogen and oxygen atoms in total. The molecule has 1 aliphatic heterocycles. The molecule has 0 radical (unpaired) electrons. The molecule has 0 saturated carbocycles. The number of rotatable bonds is 2. The SMILES string of the molecule is C=O.CN1CCNC(=O)C1.Cc1ccccc1-c1ccc(-c2cnc(N)cn2)c(F)c1. The first-order valence-corrected chi connectivity index (χ1v) is 9.61. The van der Waals surface area contributed by atoms with Gasteiger partial charge in [-0.25, -0.2) is 9.37 Å². The molecule has 0 bridgehead atoms. The molecule has 0 spiro atoms. The van der Waals surface area contributed by atoms with Gasteiger partial charge in [0.15, 0.2) is 0 Å². The van der Waals surface area contributed by atoms with Gasteiger partial charge in [0, 0.05) is 18.7 Å². The minimum absolute atomic E-state index is 0.138. The lowest BCUT2D eigenvalue weighted by atomic mass is 9.98. The van der Waals surface area contributed by atoms with E-state index >= 15 is 0 Å². The Bertz CT molecular complexity index is 1010. The Morgan fingerprint density at radius 1 is 1.10 bits per heavy atom. The summed E-state index contributed by atoms with van der Waals surface area (Å²) in [5, 5.41) is 2.73. The van der Waals surface area contributed by atoms with Crippen LogP contribution in [0.25, 0.3) is 22.4 Å². The van der Waals surface area contributed by atoms with Crippen molar-refractivity contribution in [3.05, 3.63) is 66.2 Å². The van der Waals surface area contributed by atoms with Crippen LogP contribution < -0.4 is 11.1 Å². The number of nitrogen functional groups attached to an aromatic ring is 1. The minimum Gasteiger partial charge on any atom is -0.382 e. The molecule has 1 fully saturated rings. The zero-order chi connectivity index (χ0) is 22.8. The molecule has 162 valence electrons. The number of aryl methyl sites for hydroxylation is 1. The number of nitrogens with zero attached hydrogens (tertiary/aromatic N) is 3. The molecule has 0 unspecified atom stereocenters. The molecule has 1 aliphatic rings. The number of amides is 1. The second-order valence-corrected chi connectivity index (χ2v) is 6.92. The summed E-state index contributed by atoms with van der Waals surface area (Å²) in [4.78, 5) is 28.6. The van der Waals surface area contributed by atoms with Gasteiger partial charge in [0.25, 0.3) is 0 Å². The fraction of sp³-hybridized carbons (Fsp3) is 0.217. The molecule has 3 aromatic rings. The van der Waals surface area contributed by atoms with E-state index < -0.39 is 0 Å². The second-order valence-electron chi connectivity index (χ2n) is 6.92. The van der Waals surface area contributed by atoms with E-state index in [1.165, 1.54) is 18.5 Å². The largest absolute Gasteiger partial charge is 0.382 e. The van der Waals surface area contributed by atoms with Gasteiger partial charge in [-0.1, -0.05) is 30.3 Å². The third kappa shape index (κ3) is 6.68. The molecular formula is C23H26FN5O2. The van der Waals surface area contributed by atoms with E-state index in [-0.39, 0.29) is 11.7 Å². The third-order valence-corrected chi connectivity index (χ3v) is 4.60. The van der Waals surface area contributed by atoms with E-state index in [9.17, 15) is 9.18 Å². The maximum absolute atomic E-state index is 14.4. The fourth-order valence-corrected chi connectivity index (χ4v) is 3.03. The molecule has 2 aromatic carbocycles. The number of benzene rings is 2. The lowest BCUT2D eigenvalue weighted by Crippen LogP contribution is -2.45. The summed E-state index contributed by atoms with van der Waals surface area (Å²) < 4.78 is 14.4. The highest BCUT2D eigenvalue weighted by Gasteiger charge is 2.11. The number of hydrogen-bond acceptors (Lipinski definition) is 6. The highest BCUT2D eigenvalue weighted by atomic mass is 19.1. The molecule has 0 aliphatic carbocycles. The Balaban J connectivity index is 0.000000286. The standard InChI is InChI=1S/C17H14FN3.C5H10N2O.CH2O/c1-11-4-2-3-5-13(11)12-6-7-14(15(18)8-12)16-9-21-17(19)10-20-16;1-7-3-2-6-5(8)4-7;1-2/h2-10H,1H3,(H2,19,21);2-4H2,1H3,(H,6,8);1H2. The van der Waals surface area contributed by atoms with Gasteiger partial charge in [-0.05, 0) is 42.8 Å². The van der Waals surface area contributed by atoms with Crippen LogP contribution in [-0.2, 0) is 9.59 Å². The highest BCUT2D eigenvalue weighted by molar-refractivity contribution is 5.78. The number of halogens is 1. The van der Waals surface area contributed by atoms with E-state index in [4.69, 9.17) is 10.5 Å². The van der Waals surface area contributed by atoms with Crippen molar-refractivity contribution in [3.63, 3.8) is 0 Å². The van der Waals surface area contributed by atoms with Crippen LogP contribution in [0.5, 0.6) is 0 Å². The predicted octanol–water partition coefficient (Wildman–Crippen LogP) is 2.70. The van der Waals surface area contributed by atoms with Crippen LogP contribution in [0.3, 0.4) is 0 Å². The van der Waals surface area contributed by atoms with Crippen LogP contribution in [0.4, 0.5) is 10.2 Å². The summed E-state index contributed by atoms with van der Waals surface area (Å²) >= 11 is 0. The third-order valence-electron chi connectivity index (χ3n) is 4.60. The van der Waals surface area contributed by atoms with Gasteiger partial charge in [-0.2, -0.15) is 0 Å². The molecule has 0 atom stereocenters. The fourth-order valence-electron chi connectivity index (χ4n) is 3.03. The van der Waals surface area contributed by atoms with Gasteiger partial charge in [-0.15, -0.1) is 0 Å². The molecular weight excluding hydrogens is 397 g/mol. The summed E-state index contributed by atoms with van der Waals surface area (Å²) in [5.41, 5.74) is 9.35. The molecule has 2 heterocycles. The van der Waals surface area contributed by atoms with Crippen molar-refractivity contribution in [2.75, 3.05) is 32.4 Å². The van der Waals surface area contributed by atoms with Crippen molar-refractivity contribution in [2.24, 2.45) is 0 Å². The van der Waals surface area contributed by atoms with Crippen molar-refractivity contribution >= 4 is 18.5 Å². The number of carbonyl (C=O) groups excluding carboxylic acids is 2. The van der Waals surface area contributed by atoms with E-state index in [2.05, 4.69) is 15.3 Å². The zero-order valence-corrected chi connectivity index (χ0v) is 17.6. The number of anilines is 1. The van der Waals surface area contributed by atoms with Crippen LogP contribution in [0.1, 0.15) is 5.56 Å². The Kier molecular flexibility index (Phi) is 8.78. The van der Waals surface area contributed by atoms with Gasteiger partial charge in [0.1, 0.15) is 18.4 Å². The maximum atomic E-state index is 14.4. The smallest absolute Gasteiger partial charge is 0.234 e. The molecule has 31 heavy (non-hydrogen) atoms. The quantitative estimate of drug-likeness (QED) is 0.657. The first kappa shape index (κ1) is 23.6. The Morgan fingerprint density at radius 3 is 2.39 bits per heavy atom. The normalized spacial score (nSPS) is 13.2. The average Bonchev–Trinajstić information content (AvgIpc) is 2.76. The molecule has 3 N–H and O–H groups in total. The van der Waals surface area contributed by atoms with Crippen molar-refractivity contribution in [1.82, 2.24) is 20.2 Å². The van der Waals surface area contributed by atoms with Crippen molar-refractivity contribution in [1.29, 1.82) is 0 Å². The number of nitrogens with one attached hydrogen (secondary N) is 1. The number of hydrogen-bond donors (Lipinski definition) is 2. The van der Waals surface area contributed by atoms with Gasteiger partial charge >= 0.3 is 0 Å². The van der Waals surface area contributed by atoms with E-state index in [1.807, 2.05) is 56.0 Å². The van der Waals surface area contributed by atoms with Crippen molar-refractivity contribution in [3.8, 4) is 22.4 Å². The lowest BCUT2D eigenvalue weighted by molar-refractivity contribution is -0.123. The van der Waals surface area contributed by atoms with Crippen LogP contribution >= 0.6 is 0 Å². The molecule has 1 saturated heterocycles. The van der Waals surface area contributed by atoms with Crippen LogP contribution in [0.2, 0.25) is 0 Å². The van der Waals surface area contributed by atoms with Gasteiger partial charge in [0.2, 0.25) is 5.91 Å². The molecule has 1 amide bonds. The summed E-state index contributed by atoms with van der Waals surface area (Å²) in [6, 6.07) is 13.0. The van der Waals surface area contributed by atoms with Crippen molar-refractivity contribution < 1.29 is 14.0 Å². The summed E-state index contributed by atoms with van der Waals surface area (Å²) in [6.45, 7) is 6.34. The minimum atomic E-state index is -0.324. The number of nitrogens with two attached hydrogens (primary N) is 1. The molecule has 4 rings (SSSR count). The van der Waals surface area contributed by atoms with Crippen LogP contribution in [0, 0.1) is 12.7 Å². The number of likely N-dealkylation sites (N-methyl/N-ethyl adjacent to an activating group) is 1. The first-order valence-electron chi connectivity index (χ1n) is 9.61. The number of piperazine rings is 1. The van der Waals surface area contributed by atoms with Crippen molar-refractivity contribution in [2.45, 2.75) is 6.92 Å². The summed E-state index contributed by atoms with van der Waals surface area (Å²) in [5.74, 6) is 0.129.